The number of imidazole rings is 1. The van der Waals surface area contributed by atoms with Gasteiger partial charge in [-0.25, -0.2) is 14.4 Å². The van der Waals surface area contributed by atoms with Gasteiger partial charge in [-0.3, -0.25) is 14.0 Å². The van der Waals surface area contributed by atoms with Gasteiger partial charge in [0.15, 0.2) is 0 Å². The SMILES string of the molecule is CC(C)(C)OC(=O)NCCn1c(=O)n(C2CCN(C(=O)OC[C@@H](Cc3ccccc3)N(Cc3ccccc3)Cc3ccccc3)CC2)c2ccccc21. The van der Waals surface area contributed by atoms with Crippen molar-refractivity contribution in [3.63, 3.8) is 0 Å². The molecule has 1 saturated heterocycles. The van der Waals surface area contributed by atoms with Crippen molar-refractivity contribution < 1.29 is 19.1 Å². The molecule has 1 aliphatic rings. The first-order valence-corrected chi connectivity index (χ1v) is 18.6. The van der Waals surface area contributed by atoms with Crippen LogP contribution in [0.3, 0.4) is 0 Å². The van der Waals surface area contributed by atoms with Crippen molar-refractivity contribution in [2.45, 2.75) is 77.4 Å². The first kappa shape index (κ1) is 37.4. The highest BCUT2D eigenvalue weighted by Crippen LogP contribution is 2.27. The summed E-state index contributed by atoms with van der Waals surface area (Å²) in [5.74, 6) is 0. The molecular weight excluding hydrogens is 667 g/mol. The summed E-state index contributed by atoms with van der Waals surface area (Å²) in [6, 6.07) is 38.8. The Morgan fingerprint density at radius 3 is 1.87 bits per heavy atom. The van der Waals surface area contributed by atoms with Crippen molar-refractivity contribution in [2.75, 3.05) is 26.2 Å². The lowest BCUT2D eigenvalue weighted by atomic mass is 10.0. The van der Waals surface area contributed by atoms with Crippen molar-refractivity contribution >= 4 is 23.2 Å². The van der Waals surface area contributed by atoms with Crippen LogP contribution in [0.25, 0.3) is 11.0 Å². The first-order chi connectivity index (χ1) is 25.6. The van der Waals surface area contributed by atoms with E-state index in [1.807, 2.05) is 79.9 Å². The standard InChI is InChI=1S/C43H51N5O5/c1-43(2,3)53-40(49)44-25-28-47-38-21-13-14-22-39(38)48(41(47)50)36-23-26-45(27-24-36)42(51)52-32-37(29-33-15-7-4-8-16-33)46(30-34-17-9-5-10-18-34)31-35-19-11-6-12-20-35/h4-22,36-37H,23-32H2,1-3H3,(H,44,49)/t37-/m1/s1. The molecule has 1 fully saturated rings. The maximum absolute atomic E-state index is 13.8. The third-order valence-electron chi connectivity index (χ3n) is 9.65. The van der Waals surface area contributed by atoms with Crippen molar-refractivity contribution in [1.82, 2.24) is 24.3 Å². The predicted molar refractivity (Wildman–Crippen MR) is 208 cm³/mol. The van der Waals surface area contributed by atoms with Gasteiger partial charge in [-0.15, -0.1) is 0 Å². The van der Waals surface area contributed by atoms with Crippen LogP contribution >= 0.6 is 0 Å². The van der Waals surface area contributed by atoms with Crippen LogP contribution in [0, 0.1) is 0 Å². The summed E-state index contributed by atoms with van der Waals surface area (Å²) in [6.07, 6.45) is 1.14. The number of benzene rings is 4. The number of nitrogens with one attached hydrogen (secondary N) is 1. The topological polar surface area (TPSA) is 98.0 Å². The van der Waals surface area contributed by atoms with E-state index in [1.54, 1.807) is 9.47 Å². The van der Waals surface area contributed by atoms with Crippen LogP contribution in [0.2, 0.25) is 0 Å². The Morgan fingerprint density at radius 1 is 0.774 bits per heavy atom. The molecule has 1 aliphatic heterocycles. The number of hydrogen-bond donors (Lipinski definition) is 1. The molecule has 0 aliphatic carbocycles. The van der Waals surface area contributed by atoms with E-state index < -0.39 is 11.7 Å². The number of piperidine rings is 1. The molecule has 0 radical (unpaired) electrons. The molecule has 2 heterocycles. The number of ether oxygens (including phenoxy) is 2. The lowest BCUT2D eigenvalue weighted by Crippen LogP contribution is -2.44. The number of carbonyl (C=O) groups is 2. The molecule has 4 aromatic carbocycles. The predicted octanol–water partition coefficient (Wildman–Crippen LogP) is 7.41. The van der Waals surface area contributed by atoms with E-state index in [4.69, 9.17) is 9.47 Å². The minimum Gasteiger partial charge on any atom is -0.448 e. The zero-order chi connectivity index (χ0) is 37.2. The molecule has 0 saturated carbocycles. The van der Waals surface area contributed by atoms with Gasteiger partial charge in [-0.2, -0.15) is 0 Å². The Labute approximate surface area is 311 Å². The largest absolute Gasteiger partial charge is 0.448 e. The van der Waals surface area contributed by atoms with Gasteiger partial charge >= 0.3 is 17.9 Å². The zero-order valence-electron chi connectivity index (χ0n) is 31.0. The Bertz CT molecular complexity index is 1940. The van der Waals surface area contributed by atoms with Crippen LogP contribution in [-0.2, 0) is 35.5 Å². The molecule has 10 heteroatoms. The van der Waals surface area contributed by atoms with E-state index in [2.05, 4.69) is 70.9 Å². The third kappa shape index (κ3) is 10.2. The highest BCUT2D eigenvalue weighted by atomic mass is 16.6. The van der Waals surface area contributed by atoms with E-state index in [-0.39, 0.29) is 37.0 Å². The Morgan fingerprint density at radius 2 is 1.30 bits per heavy atom. The molecular formula is C43H51N5O5. The molecule has 5 aromatic rings. The molecule has 10 nitrogen and oxygen atoms in total. The fourth-order valence-electron chi connectivity index (χ4n) is 7.08. The fraction of sp³-hybridized carbons (Fsp3) is 0.372. The van der Waals surface area contributed by atoms with Gasteiger partial charge in [-0.1, -0.05) is 103 Å². The van der Waals surface area contributed by atoms with Crippen LogP contribution in [-0.4, -0.2) is 69.0 Å². The number of nitrogens with zero attached hydrogens (tertiary/aromatic N) is 4. The summed E-state index contributed by atoms with van der Waals surface area (Å²) in [7, 11) is 0. The van der Waals surface area contributed by atoms with E-state index in [0.29, 0.717) is 32.5 Å². The monoisotopic (exact) mass is 717 g/mol. The van der Waals surface area contributed by atoms with Crippen LogP contribution < -0.4 is 11.0 Å². The Kier molecular flexibility index (Phi) is 12.3. The summed E-state index contributed by atoms with van der Waals surface area (Å²) < 4.78 is 15.0. The molecule has 278 valence electrons. The number of fused-ring (bicyclic) bond motifs is 1. The molecule has 6 rings (SSSR count). The van der Waals surface area contributed by atoms with Gasteiger partial charge in [0.25, 0.3) is 0 Å². The lowest BCUT2D eigenvalue weighted by molar-refractivity contribution is 0.0511. The van der Waals surface area contributed by atoms with Gasteiger partial charge in [0.1, 0.15) is 12.2 Å². The molecule has 0 bridgehead atoms. The van der Waals surface area contributed by atoms with Gasteiger partial charge in [0.2, 0.25) is 0 Å². The highest BCUT2D eigenvalue weighted by Gasteiger charge is 2.29. The van der Waals surface area contributed by atoms with Crippen molar-refractivity contribution in [3.05, 3.63) is 142 Å². The number of likely N-dealkylation sites (tertiary alicyclic amines) is 1. The maximum atomic E-state index is 13.8. The van der Waals surface area contributed by atoms with E-state index in [1.165, 1.54) is 16.7 Å². The third-order valence-corrected chi connectivity index (χ3v) is 9.65. The van der Waals surface area contributed by atoms with Crippen LogP contribution in [0.5, 0.6) is 0 Å². The zero-order valence-corrected chi connectivity index (χ0v) is 31.0. The number of amides is 2. The summed E-state index contributed by atoms with van der Waals surface area (Å²) in [6.45, 7) is 8.65. The van der Waals surface area contributed by atoms with E-state index in [9.17, 15) is 14.4 Å². The second kappa shape index (κ2) is 17.4. The molecule has 0 spiro atoms. The smallest absolute Gasteiger partial charge is 0.409 e. The molecule has 2 amide bonds. The van der Waals surface area contributed by atoms with Gasteiger partial charge in [-0.05, 0) is 68.9 Å². The summed E-state index contributed by atoms with van der Waals surface area (Å²) in [5.41, 5.74) is 4.51. The van der Waals surface area contributed by atoms with Gasteiger partial charge in [0, 0.05) is 51.4 Å². The first-order valence-electron chi connectivity index (χ1n) is 18.6. The Balaban J connectivity index is 1.12. The number of rotatable bonds is 13. The minimum absolute atomic E-state index is 0.0613. The second-order valence-electron chi connectivity index (χ2n) is 14.7. The Hall–Kier alpha value is -5.35. The number of para-hydroxylation sites is 2. The normalized spacial score (nSPS) is 14.3. The van der Waals surface area contributed by atoms with Crippen LogP contribution in [0.15, 0.2) is 120 Å². The van der Waals surface area contributed by atoms with Crippen LogP contribution in [0.4, 0.5) is 9.59 Å². The maximum Gasteiger partial charge on any atom is 0.409 e. The summed E-state index contributed by atoms with van der Waals surface area (Å²) in [4.78, 5) is 43.9. The van der Waals surface area contributed by atoms with Crippen molar-refractivity contribution in [2.24, 2.45) is 0 Å². The molecule has 1 N–H and O–H groups in total. The number of hydrogen-bond acceptors (Lipinski definition) is 6. The minimum atomic E-state index is -0.604. The quantitative estimate of drug-likeness (QED) is 0.136. The second-order valence-corrected chi connectivity index (χ2v) is 14.7. The molecule has 1 aromatic heterocycles. The fourth-order valence-corrected chi connectivity index (χ4v) is 7.08. The summed E-state index contributed by atoms with van der Waals surface area (Å²) >= 11 is 0. The average molecular weight is 718 g/mol. The molecule has 1 atom stereocenters. The van der Waals surface area contributed by atoms with E-state index in [0.717, 1.165) is 30.5 Å². The molecule has 0 unspecified atom stereocenters. The van der Waals surface area contributed by atoms with Gasteiger partial charge < -0.3 is 19.7 Å². The number of carbonyl (C=O) groups excluding carboxylic acids is 2. The van der Waals surface area contributed by atoms with Gasteiger partial charge in [0.05, 0.1) is 11.0 Å². The van der Waals surface area contributed by atoms with Crippen LogP contribution in [0.1, 0.15) is 56.3 Å². The van der Waals surface area contributed by atoms with E-state index >= 15 is 0 Å². The number of aromatic nitrogens is 2. The summed E-state index contributed by atoms with van der Waals surface area (Å²) in [5, 5.41) is 2.76. The molecule has 53 heavy (non-hydrogen) atoms. The van der Waals surface area contributed by atoms with Crippen molar-refractivity contribution in [3.8, 4) is 0 Å². The lowest BCUT2D eigenvalue weighted by Gasteiger charge is -2.34. The average Bonchev–Trinajstić information content (AvgIpc) is 3.44. The highest BCUT2D eigenvalue weighted by molar-refractivity contribution is 5.76. The van der Waals surface area contributed by atoms with Crippen molar-refractivity contribution in [1.29, 1.82) is 0 Å². The number of alkyl carbamates (subject to hydrolysis) is 1.